The van der Waals surface area contributed by atoms with Gasteiger partial charge in [-0.15, -0.1) is 10.2 Å². The fraction of sp³-hybridized carbons (Fsp3) is 0.333. The Morgan fingerprint density at radius 2 is 2.13 bits per heavy atom. The lowest BCUT2D eigenvalue weighted by atomic mass is 10.2. The molecule has 3 heterocycles. The fourth-order valence-electron chi connectivity index (χ4n) is 3.31. The largest absolute Gasteiger partial charge is 0.454 e. The van der Waals surface area contributed by atoms with Crippen LogP contribution in [-0.2, 0) is 11.3 Å². The summed E-state index contributed by atoms with van der Waals surface area (Å²) in [6.45, 7) is 2.55. The van der Waals surface area contributed by atoms with Gasteiger partial charge in [-0.05, 0) is 49.6 Å². The number of hydrogen-bond donors (Lipinski definition) is 1. The average molecular weight is 423 g/mol. The summed E-state index contributed by atoms with van der Waals surface area (Å²) in [5.74, 6) is 2.20. The predicted molar refractivity (Wildman–Crippen MR) is 111 cm³/mol. The van der Waals surface area contributed by atoms with Crippen molar-refractivity contribution in [1.29, 1.82) is 0 Å². The lowest BCUT2D eigenvalue weighted by Gasteiger charge is -2.13. The van der Waals surface area contributed by atoms with E-state index in [1.54, 1.807) is 12.4 Å². The maximum atomic E-state index is 12.7. The number of fused-ring (bicyclic) bond motifs is 1. The predicted octanol–water partition coefficient (Wildman–Crippen LogP) is 3.20. The van der Waals surface area contributed by atoms with E-state index in [2.05, 4.69) is 25.1 Å². The van der Waals surface area contributed by atoms with Crippen molar-refractivity contribution in [3.8, 4) is 22.9 Å². The van der Waals surface area contributed by atoms with E-state index < -0.39 is 0 Å². The number of nitrogens with one attached hydrogen (secondary N) is 1. The van der Waals surface area contributed by atoms with Gasteiger partial charge < -0.3 is 14.8 Å². The van der Waals surface area contributed by atoms with Gasteiger partial charge in [0.25, 0.3) is 0 Å². The Labute approximate surface area is 178 Å². The van der Waals surface area contributed by atoms with Gasteiger partial charge in [-0.25, -0.2) is 0 Å². The summed E-state index contributed by atoms with van der Waals surface area (Å²) in [6, 6.07) is 9.94. The third-order valence-corrected chi connectivity index (χ3v) is 6.11. The minimum absolute atomic E-state index is 0.0501. The van der Waals surface area contributed by atoms with E-state index in [9.17, 15) is 4.79 Å². The minimum atomic E-state index is -0.303. The van der Waals surface area contributed by atoms with E-state index in [4.69, 9.17) is 9.47 Å². The van der Waals surface area contributed by atoms with Gasteiger partial charge in [-0.3, -0.25) is 14.3 Å². The van der Waals surface area contributed by atoms with Crippen LogP contribution in [0.5, 0.6) is 11.5 Å². The van der Waals surface area contributed by atoms with E-state index in [0.717, 1.165) is 40.7 Å². The monoisotopic (exact) mass is 423 g/mol. The van der Waals surface area contributed by atoms with Crippen molar-refractivity contribution >= 4 is 17.7 Å². The fourth-order valence-corrected chi connectivity index (χ4v) is 4.25. The van der Waals surface area contributed by atoms with Gasteiger partial charge in [-0.2, -0.15) is 0 Å². The molecular weight excluding hydrogens is 402 g/mol. The van der Waals surface area contributed by atoms with Crippen LogP contribution < -0.4 is 14.8 Å². The van der Waals surface area contributed by atoms with Crippen molar-refractivity contribution in [2.75, 3.05) is 6.79 Å². The van der Waals surface area contributed by atoms with Gasteiger partial charge in [0.2, 0.25) is 12.7 Å². The zero-order valence-corrected chi connectivity index (χ0v) is 17.3. The lowest BCUT2D eigenvalue weighted by molar-refractivity contribution is -0.120. The van der Waals surface area contributed by atoms with Crippen molar-refractivity contribution in [3.05, 3.63) is 48.3 Å². The Bertz CT molecular complexity index is 1070. The number of hydrogen-bond acceptors (Lipinski definition) is 7. The number of rotatable bonds is 7. The van der Waals surface area contributed by atoms with E-state index in [-0.39, 0.29) is 18.0 Å². The average Bonchev–Trinajstić information content (AvgIpc) is 3.35. The van der Waals surface area contributed by atoms with Crippen LogP contribution in [0.15, 0.2) is 47.9 Å². The van der Waals surface area contributed by atoms with E-state index in [1.807, 2.05) is 37.3 Å². The highest BCUT2D eigenvalue weighted by Gasteiger charge is 2.31. The Balaban J connectivity index is 1.25. The molecule has 2 aromatic heterocycles. The lowest BCUT2D eigenvalue weighted by Crippen LogP contribution is -2.30. The molecule has 0 radical (unpaired) electrons. The van der Waals surface area contributed by atoms with Crippen LogP contribution in [0.3, 0.4) is 0 Å². The smallest absolute Gasteiger partial charge is 0.233 e. The van der Waals surface area contributed by atoms with Crippen LogP contribution in [0.4, 0.5) is 0 Å². The van der Waals surface area contributed by atoms with Gasteiger partial charge in [0.1, 0.15) is 0 Å². The van der Waals surface area contributed by atoms with Gasteiger partial charge in [-0.1, -0.05) is 17.8 Å². The topological polar surface area (TPSA) is 91.2 Å². The van der Waals surface area contributed by atoms with Crippen molar-refractivity contribution in [3.63, 3.8) is 0 Å². The highest BCUT2D eigenvalue weighted by atomic mass is 32.2. The number of carbonyl (C=O) groups excluding carboxylic acids is 1. The number of amides is 1. The van der Waals surface area contributed by atoms with Gasteiger partial charge >= 0.3 is 0 Å². The van der Waals surface area contributed by atoms with Gasteiger partial charge in [0.15, 0.2) is 22.5 Å². The van der Waals surface area contributed by atoms with Crippen LogP contribution in [0.2, 0.25) is 0 Å². The Hall–Kier alpha value is -3.07. The molecule has 1 amide bonds. The highest BCUT2D eigenvalue weighted by Crippen LogP contribution is 2.41. The Kier molecular flexibility index (Phi) is 5.04. The third kappa shape index (κ3) is 3.85. The first-order valence-corrected chi connectivity index (χ1v) is 10.7. The quantitative estimate of drug-likeness (QED) is 0.584. The molecule has 1 N–H and O–H groups in total. The second kappa shape index (κ2) is 7.98. The molecule has 1 aromatic carbocycles. The molecule has 0 spiro atoms. The van der Waals surface area contributed by atoms with Crippen LogP contribution in [0, 0.1) is 0 Å². The molecular formula is C21H21N5O3S. The molecule has 2 aliphatic rings. The third-order valence-electron chi connectivity index (χ3n) is 5.05. The Morgan fingerprint density at radius 3 is 2.93 bits per heavy atom. The first-order valence-electron chi connectivity index (χ1n) is 9.87. The van der Waals surface area contributed by atoms with Crippen molar-refractivity contribution in [1.82, 2.24) is 25.1 Å². The molecule has 8 nitrogen and oxygen atoms in total. The number of nitrogens with zero attached hydrogens (tertiary/aromatic N) is 4. The summed E-state index contributed by atoms with van der Waals surface area (Å²) in [5, 5.41) is 12.2. The summed E-state index contributed by atoms with van der Waals surface area (Å²) in [7, 11) is 0. The summed E-state index contributed by atoms with van der Waals surface area (Å²) in [6.07, 6.45) is 5.73. The second-order valence-electron chi connectivity index (χ2n) is 7.31. The standard InChI is InChI=1S/C21H21N5O3S/c1-13(20(27)23-10-14-4-7-17-18(9-14)29-12-28-17)30-21-25-24-19(26(21)16-5-6-16)15-3-2-8-22-11-15/h2-4,7-9,11,13,16H,5-6,10,12H2,1H3,(H,23,27)/t13-/m0/s1. The molecule has 9 heteroatoms. The Morgan fingerprint density at radius 1 is 1.27 bits per heavy atom. The molecule has 0 bridgehead atoms. The van der Waals surface area contributed by atoms with Crippen molar-refractivity contribution in [2.45, 2.75) is 42.8 Å². The molecule has 1 saturated carbocycles. The van der Waals surface area contributed by atoms with Crippen molar-refractivity contribution in [2.24, 2.45) is 0 Å². The number of aromatic nitrogens is 4. The number of ether oxygens (including phenoxy) is 2. The molecule has 1 aliphatic heterocycles. The zero-order chi connectivity index (χ0) is 20.5. The SMILES string of the molecule is C[C@H](Sc1nnc(-c2cccnc2)n1C1CC1)C(=O)NCc1ccc2c(c1)OCO2. The molecule has 3 aromatic rings. The first kappa shape index (κ1) is 18.9. The zero-order valence-electron chi connectivity index (χ0n) is 16.4. The molecule has 30 heavy (non-hydrogen) atoms. The normalized spacial score (nSPS) is 15.8. The van der Waals surface area contributed by atoms with Crippen LogP contribution in [-0.4, -0.2) is 37.7 Å². The molecule has 1 aliphatic carbocycles. The molecule has 5 rings (SSSR count). The summed E-state index contributed by atoms with van der Waals surface area (Å²) < 4.78 is 12.9. The minimum Gasteiger partial charge on any atom is -0.454 e. The summed E-state index contributed by atoms with van der Waals surface area (Å²) in [5.41, 5.74) is 1.90. The van der Waals surface area contributed by atoms with E-state index in [1.165, 1.54) is 11.8 Å². The molecule has 0 unspecified atom stereocenters. The van der Waals surface area contributed by atoms with Crippen LogP contribution in [0.1, 0.15) is 31.4 Å². The van der Waals surface area contributed by atoms with Crippen LogP contribution >= 0.6 is 11.8 Å². The van der Waals surface area contributed by atoms with E-state index in [0.29, 0.717) is 18.3 Å². The number of pyridine rings is 1. The van der Waals surface area contributed by atoms with E-state index >= 15 is 0 Å². The maximum absolute atomic E-state index is 12.7. The van der Waals surface area contributed by atoms with Gasteiger partial charge in [0.05, 0.1) is 5.25 Å². The first-order chi connectivity index (χ1) is 14.7. The highest BCUT2D eigenvalue weighted by molar-refractivity contribution is 8.00. The van der Waals surface area contributed by atoms with Crippen molar-refractivity contribution < 1.29 is 14.3 Å². The van der Waals surface area contributed by atoms with Crippen LogP contribution in [0.25, 0.3) is 11.4 Å². The molecule has 1 atom stereocenters. The molecule has 0 saturated heterocycles. The summed E-state index contributed by atoms with van der Waals surface area (Å²) in [4.78, 5) is 16.9. The molecule has 1 fully saturated rings. The number of thioether (sulfide) groups is 1. The number of carbonyl (C=O) groups is 1. The summed E-state index contributed by atoms with van der Waals surface area (Å²) >= 11 is 1.43. The van der Waals surface area contributed by atoms with Gasteiger partial charge in [0, 0.05) is 30.5 Å². The maximum Gasteiger partial charge on any atom is 0.233 e. The molecule has 154 valence electrons. The number of benzene rings is 1. The second-order valence-corrected chi connectivity index (χ2v) is 8.62.